The Morgan fingerprint density at radius 2 is 2.00 bits per heavy atom. The number of benzene rings is 2. The first-order valence-electron chi connectivity index (χ1n) is 7.76. The van der Waals surface area contributed by atoms with Crippen molar-refractivity contribution < 1.29 is 13.7 Å². The maximum absolute atomic E-state index is 13.3. The van der Waals surface area contributed by atoms with Gasteiger partial charge in [-0.1, -0.05) is 35.0 Å². The van der Waals surface area contributed by atoms with Crippen LogP contribution in [0.25, 0.3) is 11.4 Å². The van der Waals surface area contributed by atoms with Crippen LogP contribution in [0.2, 0.25) is 5.02 Å². The number of hydrogen-bond donors (Lipinski definition) is 0. The number of rotatable bonds is 3. The summed E-state index contributed by atoms with van der Waals surface area (Å²) in [6, 6.07) is 13.7. The molecule has 1 unspecified atom stereocenters. The average molecular weight is 358 g/mol. The van der Waals surface area contributed by atoms with Gasteiger partial charge in [0.15, 0.2) is 0 Å². The van der Waals surface area contributed by atoms with E-state index in [0.717, 1.165) is 5.69 Å². The molecule has 4 rings (SSSR count). The zero-order chi connectivity index (χ0) is 17.4. The number of carbonyl (C=O) groups is 1. The van der Waals surface area contributed by atoms with Crippen molar-refractivity contribution in [2.24, 2.45) is 0 Å². The molecule has 5 nitrogen and oxygen atoms in total. The molecule has 25 heavy (non-hydrogen) atoms. The van der Waals surface area contributed by atoms with Crippen molar-refractivity contribution in [1.29, 1.82) is 0 Å². The summed E-state index contributed by atoms with van der Waals surface area (Å²) in [6.07, 6.45) is 0.306. The first-order chi connectivity index (χ1) is 12.1. The van der Waals surface area contributed by atoms with Crippen LogP contribution >= 0.6 is 11.6 Å². The monoisotopic (exact) mass is 357 g/mol. The van der Waals surface area contributed by atoms with Gasteiger partial charge in [0.1, 0.15) is 5.82 Å². The van der Waals surface area contributed by atoms with E-state index in [-0.39, 0.29) is 16.8 Å². The molecule has 0 bridgehead atoms. The van der Waals surface area contributed by atoms with Gasteiger partial charge in [0.25, 0.3) is 0 Å². The third kappa shape index (κ3) is 3.00. The normalized spacial score (nSPS) is 17.3. The second kappa shape index (κ2) is 6.29. The van der Waals surface area contributed by atoms with Gasteiger partial charge >= 0.3 is 0 Å². The number of anilines is 1. The molecule has 0 saturated carbocycles. The van der Waals surface area contributed by atoms with Crippen molar-refractivity contribution in [1.82, 2.24) is 10.1 Å². The summed E-state index contributed by atoms with van der Waals surface area (Å²) in [5, 5.41) is 3.92. The Hall–Kier alpha value is -2.73. The van der Waals surface area contributed by atoms with E-state index < -0.39 is 5.82 Å². The van der Waals surface area contributed by atoms with Gasteiger partial charge in [-0.05, 0) is 30.3 Å². The smallest absolute Gasteiger partial charge is 0.232 e. The van der Waals surface area contributed by atoms with Crippen molar-refractivity contribution in [3.05, 3.63) is 65.3 Å². The quantitative estimate of drug-likeness (QED) is 0.709. The van der Waals surface area contributed by atoms with Crippen LogP contribution in [-0.2, 0) is 4.79 Å². The van der Waals surface area contributed by atoms with Crippen molar-refractivity contribution in [3.8, 4) is 11.4 Å². The maximum Gasteiger partial charge on any atom is 0.232 e. The number of carbonyl (C=O) groups excluding carboxylic acids is 1. The third-order valence-electron chi connectivity index (χ3n) is 4.16. The lowest BCUT2D eigenvalue weighted by Gasteiger charge is -2.15. The highest BCUT2D eigenvalue weighted by molar-refractivity contribution is 6.31. The van der Waals surface area contributed by atoms with Crippen LogP contribution < -0.4 is 4.90 Å². The molecular formula is C18H13ClFN3O2. The standard InChI is InChI=1S/C18H13ClFN3O2/c19-14-8-11(6-7-15(14)20)17-21-18(25-22-17)12-9-16(24)23(10-12)13-4-2-1-3-5-13/h1-8,12H,9-10H2. The van der Waals surface area contributed by atoms with Gasteiger partial charge in [0.2, 0.25) is 17.6 Å². The van der Waals surface area contributed by atoms with E-state index in [0.29, 0.717) is 30.2 Å². The van der Waals surface area contributed by atoms with E-state index in [4.69, 9.17) is 16.1 Å². The molecule has 0 aliphatic carbocycles. The van der Waals surface area contributed by atoms with E-state index in [1.165, 1.54) is 18.2 Å². The Labute approximate surface area is 148 Å². The molecule has 126 valence electrons. The molecule has 7 heteroatoms. The summed E-state index contributed by atoms with van der Waals surface area (Å²) < 4.78 is 18.6. The van der Waals surface area contributed by atoms with E-state index >= 15 is 0 Å². The van der Waals surface area contributed by atoms with Crippen molar-refractivity contribution in [2.75, 3.05) is 11.4 Å². The average Bonchev–Trinajstić information content (AvgIpc) is 3.25. The Morgan fingerprint density at radius 1 is 1.20 bits per heavy atom. The molecule has 3 aromatic rings. The first kappa shape index (κ1) is 15.8. The summed E-state index contributed by atoms with van der Waals surface area (Å²) in [4.78, 5) is 18.4. The number of aromatic nitrogens is 2. The summed E-state index contributed by atoms with van der Waals surface area (Å²) in [6.45, 7) is 0.481. The Kier molecular flexibility index (Phi) is 3.97. The lowest BCUT2D eigenvalue weighted by molar-refractivity contribution is -0.117. The topological polar surface area (TPSA) is 59.2 Å². The lowest BCUT2D eigenvalue weighted by atomic mass is 10.1. The van der Waals surface area contributed by atoms with Crippen molar-refractivity contribution >= 4 is 23.2 Å². The largest absolute Gasteiger partial charge is 0.339 e. The Balaban J connectivity index is 1.56. The van der Waals surface area contributed by atoms with Crippen molar-refractivity contribution in [2.45, 2.75) is 12.3 Å². The highest BCUT2D eigenvalue weighted by Gasteiger charge is 2.35. The van der Waals surface area contributed by atoms with Gasteiger partial charge in [0.05, 0.1) is 10.9 Å². The fourth-order valence-corrected chi connectivity index (χ4v) is 3.06. The highest BCUT2D eigenvalue weighted by atomic mass is 35.5. The molecule has 1 aliphatic rings. The molecular weight excluding hydrogens is 345 g/mol. The molecule has 2 aromatic carbocycles. The molecule has 1 saturated heterocycles. The van der Waals surface area contributed by atoms with Gasteiger partial charge in [-0.3, -0.25) is 4.79 Å². The van der Waals surface area contributed by atoms with Crippen LogP contribution in [0, 0.1) is 5.82 Å². The zero-order valence-electron chi connectivity index (χ0n) is 13.0. The van der Waals surface area contributed by atoms with E-state index in [1.54, 1.807) is 4.90 Å². The number of amides is 1. The minimum absolute atomic E-state index is 0.00449. The Morgan fingerprint density at radius 3 is 2.76 bits per heavy atom. The van der Waals surface area contributed by atoms with Crippen LogP contribution in [0.5, 0.6) is 0 Å². The highest BCUT2D eigenvalue weighted by Crippen LogP contribution is 2.32. The molecule has 0 spiro atoms. The molecule has 1 fully saturated rings. The van der Waals surface area contributed by atoms with Gasteiger partial charge in [-0.25, -0.2) is 4.39 Å². The number of nitrogens with zero attached hydrogens (tertiary/aromatic N) is 3. The lowest BCUT2D eigenvalue weighted by Crippen LogP contribution is -2.24. The maximum atomic E-state index is 13.3. The van der Waals surface area contributed by atoms with Crippen LogP contribution in [0.4, 0.5) is 10.1 Å². The molecule has 0 radical (unpaired) electrons. The molecule has 1 atom stereocenters. The fourth-order valence-electron chi connectivity index (χ4n) is 2.88. The van der Waals surface area contributed by atoms with E-state index in [2.05, 4.69) is 10.1 Å². The molecule has 1 aromatic heterocycles. The molecule has 1 aliphatic heterocycles. The summed E-state index contributed by atoms with van der Waals surface area (Å²) in [5.41, 5.74) is 1.41. The summed E-state index contributed by atoms with van der Waals surface area (Å²) in [7, 11) is 0. The predicted molar refractivity (Wildman–Crippen MR) is 90.9 cm³/mol. The number of halogens is 2. The second-order valence-corrected chi connectivity index (χ2v) is 6.23. The predicted octanol–water partition coefficient (Wildman–Crippen LogP) is 4.05. The Bertz CT molecular complexity index is 929. The number of para-hydroxylation sites is 1. The number of hydrogen-bond acceptors (Lipinski definition) is 4. The van der Waals surface area contributed by atoms with Crippen LogP contribution in [-0.4, -0.2) is 22.6 Å². The molecule has 1 amide bonds. The summed E-state index contributed by atoms with van der Waals surface area (Å²) in [5.74, 6) is 0.0458. The van der Waals surface area contributed by atoms with E-state index in [9.17, 15) is 9.18 Å². The first-order valence-corrected chi connectivity index (χ1v) is 8.14. The third-order valence-corrected chi connectivity index (χ3v) is 4.45. The van der Waals surface area contributed by atoms with Gasteiger partial charge in [-0.15, -0.1) is 0 Å². The SMILES string of the molecule is O=C1CC(c2nc(-c3ccc(F)c(Cl)c3)no2)CN1c1ccccc1. The van der Waals surface area contributed by atoms with Gasteiger partial charge in [-0.2, -0.15) is 4.98 Å². The zero-order valence-corrected chi connectivity index (χ0v) is 13.8. The van der Waals surface area contributed by atoms with Crippen molar-refractivity contribution in [3.63, 3.8) is 0 Å². The second-order valence-electron chi connectivity index (χ2n) is 5.83. The summed E-state index contributed by atoms with van der Waals surface area (Å²) >= 11 is 5.79. The molecule has 0 N–H and O–H groups in total. The fraction of sp³-hybridized carbons (Fsp3) is 0.167. The van der Waals surface area contributed by atoms with Gasteiger partial charge in [0, 0.05) is 24.2 Å². The minimum atomic E-state index is -0.506. The minimum Gasteiger partial charge on any atom is -0.339 e. The van der Waals surface area contributed by atoms with Crippen LogP contribution in [0.3, 0.4) is 0 Å². The molecule has 2 heterocycles. The van der Waals surface area contributed by atoms with E-state index in [1.807, 2.05) is 30.3 Å². The van der Waals surface area contributed by atoms with Gasteiger partial charge < -0.3 is 9.42 Å². The van der Waals surface area contributed by atoms with Crippen LogP contribution in [0.15, 0.2) is 53.1 Å². The van der Waals surface area contributed by atoms with Crippen LogP contribution in [0.1, 0.15) is 18.2 Å².